The minimum absolute atomic E-state index is 0.0595. The number of hydrogen-bond donors (Lipinski definition) is 1. The van der Waals surface area contributed by atoms with E-state index in [-0.39, 0.29) is 35.0 Å². The number of nitriles is 1. The first kappa shape index (κ1) is 19.1. The zero-order valence-electron chi connectivity index (χ0n) is 14.9. The number of nitrogens with zero attached hydrogens (tertiary/aromatic N) is 1. The van der Waals surface area contributed by atoms with E-state index < -0.39 is 23.5 Å². The van der Waals surface area contributed by atoms with Crippen molar-refractivity contribution >= 4 is 11.7 Å². The summed E-state index contributed by atoms with van der Waals surface area (Å²) >= 11 is 0. The van der Waals surface area contributed by atoms with Gasteiger partial charge in [-0.25, -0.2) is 13.6 Å². The lowest BCUT2D eigenvalue weighted by molar-refractivity contribution is -0.138. The molecular weight excluding hydrogens is 366 g/mol. The van der Waals surface area contributed by atoms with Gasteiger partial charge in [0.05, 0.1) is 18.1 Å². The second-order valence-corrected chi connectivity index (χ2v) is 5.92. The third-order valence-electron chi connectivity index (χ3n) is 4.22. The van der Waals surface area contributed by atoms with Crippen LogP contribution in [0.15, 0.2) is 65.6 Å². The zero-order valence-corrected chi connectivity index (χ0v) is 14.9. The molecule has 1 aliphatic rings. The van der Waals surface area contributed by atoms with Crippen molar-refractivity contribution < 1.29 is 23.0 Å². The SMILES string of the molecule is CCOC(=O)C1=C(c2ccccc2)OC(N)=C(C#N)[C@@H]1c1ccc(F)cc1F. The van der Waals surface area contributed by atoms with Crippen LogP contribution in [0, 0.1) is 23.0 Å². The molecule has 7 heteroatoms. The Balaban J connectivity index is 2.31. The Morgan fingerprint density at radius 2 is 1.96 bits per heavy atom. The van der Waals surface area contributed by atoms with E-state index in [9.17, 15) is 18.8 Å². The lowest BCUT2D eigenvalue weighted by Crippen LogP contribution is -2.26. The van der Waals surface area contributed by atoms with E-state index >= 15 is 0 Å². The van der Waals surface area contributed by atoms with Crippen molar-refractivity contribution in [3.8, 4) is 6.07 Å². The van der Waals surface area contributed by atoms with Crippen molar-refractivity contribution in [1.82, 2.24) is 0 Å². The second kappa shape index (κ2) is 7.92. The molecule has 0 saturated carbocycles. The number of allylic oxidation sites excluding steroid dienone is 1. The van der Waals surface area contributed by atoms with E-state index in [1.807, 2.05) is 6.07 Å². The maximum absolute atomic E-state index is 14.6. The largest absolute Gasteiger partial charge is 0.463 e. The van der Waals surface area contributed by atoms with Crippen LogP contribution < -0.4 is 5.73 Å². The van der Waals surface area contributed by atoms with Crippen LogP contribution in [-0.2, 0) is 14.3 Å². The summed E-state index contributed by atoms with van der Waals surface area (Å²) in [5, 5.41) is 9.59. The van der Waals surface area contributed by atoms with Crippen LogP contribution in [0.4, 0.5) is 8.78 Å². The van der Waals surface area contributed by atoms with Crippen molar-refractivity contribution in [3.63, 3.8) is 0 Å². The fourth-order valence-corrected chi connectivity index (χ4v) is 3.03. The maximum atomic E-state index is 14.6. The van der Waals surface area contributed by atoms with Crippen molar-refractivity contribution in [2.75, 3.05) is 6.61 Å². The lowest BCUT2D eigenvalue weighted by Gasteiger charge is -2.28. The van der Waals surface area contributed by atoms with E-state index in [0.717, 1.165) is 6.07 Å². The van der Waals surface area contributed by atoms with Gasteiger partial charge in [0.1, 0.15) is 29.0 Å². The van der Waals surface area contributed by atoms with Gasteiger partial charge in [-0.15, -0.1) is 0 Å². The summed E-state index contributed by atoms with van der Waals surface area (Å²) in [4.78, 5) is 12.8. The molecule has 0 fully saturated rings. The van der Waals surface area contributed by atoms with Crippen molar-refractivity contribution in [2.24, 2.45) is 5.73 Å². The minimum Gasteiger partial charge on any atom is -0.463 e. The highest BCUT2D eigenvalue weighted by molar-refractivity contribution is 5.99. The molecule has 5 nitrogen and oxygen atoms in total. The Morgan fingerprint density at radius 1 is 1.25 bits per heavy atom. The molecule has 28 heavy (non-hydrogen) atoms. The molecule has 0 amide bonds. The van der Waals surface area contributed by atoms with Crippen molar-refractivity contribution in [1.29, 1.82) is 5.26 Å². The summed E-state index contributed by atoms with van der Waals surface area (Å²) in [5.74, 6) is -3.88. The topological polar surface area (TPSA) is 85.3 Å². The number of rotatable bonds is 4. The number of benzene rings is 2. The van der Waals surface area contributed by atoms with E-state index in [2.05, 4.69) is 0 Å². The highest BCUT2D eigenvalue weighted by Crippen LogP contribution is 2.43. The van der Waals surface area contributed by atoms with Crippen LogP contribution >= 0.6 is 0 Å². The highest BCUT2D eigenvalue weighted by Gasteiger charge is 2.39. The fourth-order valence-electron chi connectivity index (χ4n) is 3.03. The van der Waals surface area contributed by atoms with Crippen LogP contribution in [-0.4, -0.2) is 12.6 Å². The molecule has 0 aliphatic carbocycles. The molecule has 142 valence electrons. The zero-order chi connectivity index (χ0) is 20.3. The molecule has 0 spiro atoms. The van der Waals surface area contributed by atoms with Gasteiger partial charge in [-0.1, -0.05) is 36.4 Å². The lowest BCUT2D eigenvalue weighted by atomic mass is 9.81. The molecule has 1 heterocycles. The molecule has 1 atom stereocenters. The summed E-state index contributed by atoms with van der Waals surface area (Å²) in [6.45, 7) is 1.68. The normalized spacial score (nSPS) is 16.4. The number of carbonyl (C=O) groups is 1. The van der Waals surface area contributed by atoms with Gasteiger partial charge in [0.2, 0.25) is 5.88 Å². The monoisotopic (exact) mass is 382 g/mol. The molecule has 0 bridgehead atoms. The molecular formula is C21H16F2N2O3. The Bertz CT molecular complexity index is 1020. The van der Waals surface area contributed by atoms with Crippen LogP contribution in [0.1, 0.15) is 24.0 Å². The Morgan fingerprint density at radius 3 is 2.57 bits per heavy atom. The highest BCUT2D eigenvalue weighted by atomic mass is 19.1. The van der Waals surface area contributed by atoms with Gasteiger partial charge in [-0.3, -0.25) is 0 Å². The van der Waals surface area contributed by atoms with Gasteiger partial charge in [-0.2, -0.15) is 5.26 Å². The summed E-state index contributed by atoms with van der Waals surface area (Å²) in [5.41, 5.74) is 6.09. The van der Waals surface area contributed by atoms with E-state index in [1.165, 1.54) is 6.07 Å². The van der Waals surface area contributed by atoms with E-state index in [0.29, 0.717) is 11.6 Å². The Kier molecular flexibility index (Phi) is 5.41. The molecule has 3 rings (SSSR count). The number of carbonyl (C=O) groups excluding carboxylic acids is 1. The molecule has 0 aromatic heterocycles. The van der Waals surface area contributed by atoms with Crippen LogP contribution in [0.25, 0.3) is 5.76 Å². The maximum Gasteiger partial charge on any atom is 0.338 e. The third-order valence-corrected chi connectivity index (χ3v) is 4.22. The molecule has 2 N–H and O–H groups in total. The van der Waals surface area contributed by atoms with Crippen LogP contribution in [0.3, 0.4) is 0 Å². The standard InChI is InChI=1S/C21H16F2N2O3/c1-2-27-21(26)18-17(14-9-8-13(22)10-16(14)23)15(11-24)20(25)28-19(18)12-6-4-3-5-7-12/h3-10,17H,2,25H2,1H3/t17-/m0/s1. The average Bonchev–Trinajstić information content (AvgIpc) is 2.68. The first-order valence-electron chi connectivity index (χ1n) is 8.47. The predicted molar refractivity (Wildman–Crippen MR) is 97.0 cm³/mol. The van der Waals surface area contributed by atoms with Crippen LogP contribution in [0.2, 0.25) is 0 Å². The average molecular weight is 382 g/mol. The minimum atomic E-state index is -1.20. The van der Waals surface area contributed by atoms with Crippen molar-refractivity contribution in [3.05, 3.63) is 88.3 Å². The molecule has 2 aromatic carbocycles. The van der Waals surface area contributed by atoms with Gasteiger partial charge in [0, 0.05) is 17.2 Å². The summed E-state index contributed by atoms with van der Waals surface area (Å²) < 4.78 is 38.7. The Labute approximate surface area is 160 Å². The number of hydrogen-bond acceptors (Lipinski definition) is 5. The van der Waals surface area contributed by atoms with E-state index in [4.69, 9.17) is 15.2 Å². The molecule has 0 saturated heterocycles. The molecule has 0 radical (unpaired) electrons. The first-order chi connectivity index (χ1) is 13.5. The van der Waals surface area contributed by atoms with E-state index in [1.54, 1.807) is 37.3 Å². The predicted octanol–water partition coefficient (Wildman–Crippen LogP) is 3.75. The number of nitrogens with two attached hydrogens (primary N) is 1. The fraction of sp³-hybridized carbons (Fsp3) is 0.143. The van der Waals surface area contributed by atoms with Gasteiger partial charge in [0.25, 0.3) is 0 Å². The van der Waals surface area contributed by atoms with Crippen LogP contribution in [0.5, 0.6) is 0 Å². The second-order valence-electron chi connectivity index (χ2n) is 5.92. The summed E-state index contributed by atoms with van der Waals surface area (Å²) in [6, 6.07) is 13.3. The van der Waals surface area contributed by atoms with Gasteiger partial charge in [-0.05, 0) is 13.0 Å². The Hall–Kier alpha value is -3.66. The summed E-state index contributed by atoms with van der Waals surface area (Å²) in [6.07, 6.45) is 0. The molecule has 1 aliphatic heterocycles. The molecule has 0 unspecified atom stereocenters. The number of esters is 1. The third kappa shape index (κ3) is 3.45. The van der Waals surface area contributed by atoms with Gasteiger partial charge < -0.3 is 15.2 Å². The summed E-state index contributed by atoms with van der Waals surface area (Å²) in [7, 11) is 0. The van der Waals surface area contributed by atoms with Gasteiger partial charge >= 0.3 is 5.97 Å². The molecule has 2 aromatic rings. The quantitative estimate of drug-likeness (QED) is 0.814. The number of halogens is 2. The van der Waals surface area contributed by atoms with Crippen molar-refractivity contribution in [2.45, 2.75) is 12.8 Å². The number of ether oxygens (including phenoxy) is 2. The van der Waals surface area contributed by atoms with Gasteiger partial charge in [0.15, 0.2) is 0 Å². The first-order valence-corrected chi connectivity index (χ1v) is 8.47. The smallest absolute Gasteiger partial charge is 0.338 e.